The first-order valence-corrected chi connectivity index (χ1v) is 8.35. The maximum Gasteiger partial charge on any atom is 0.0492 e. The number of thioether (sulfide) groups is 2. The number of nitrogens with one attached hydrogen (secondary N) is 1. The molecule has 2 unspecified atom stereocenters. The summed E-state index contributed by atoms with van der Waals surface area (Å²) < 4.78 is 1.98. The summed E-state index contributed by atoms with van der Waals surface area (Å²) in [5.41, 5.74) is 1.33. The van der Waals surface area contributed by atoms with E-state index >= 15 is 0 Å². The zero-order valence-electron chi connectivity index (χ0n) is 10.6. The van der Waals surface area contributed by atoms with Gasteiger partial charge in [-0.25, -0.2) is 0 Å². The normalized spacial score (nSPS) is 22.6. The minimum Gasteiger partial charge on any atom is -0.316 e. The number of nitrogens with zero attached hydrogens (tertiary/aromatic N) is 2. The summed E-state index contributed by atoms with van der Waals surface area (Å²) in [6.07, 6.45) is 4.20. The summed E-state index contributed by atoms with van der Waals surface area (Å²) in [7, 11) is 4.11. The lowest BCUT2D eigenvalue weighted by molar-refractivity contribution is 0.511. The van der Waals surface area contributed by atoms with Crippen molar-refractivity contribution in [2.45, 2.75) is 24.1 Å². The number of aromatic nitrogens is 2. The summed E-state index contributed by atoms with van der Waals surface area (Å²) >= 11 is 4.23. The Morgan fingerprint density at radius 1 is 1.59 bits per heavy atom. The molecular weight excluding hydrogens is 250 g/mol. The largest absolute Gasteiger partial charge is 0.316 e. The highest BCUT2D eigenvalue weighted by Crippen LogP contribution is 2.27. The highest BCUT2D eigenvalue weighted by molar-refractivity contribution is 8.06. The van der Waals surface area contributed by atoms with Gasteiger partial charge in [0.2, 0.25) is 0 Å². The molecule has 2 atom stereocenters. The quantitative estimate of drug-likeness (QED) is 0.884. The van der Waals surface area contributed by atoms with Crippen molar-refractivity contribution in [3.8, 4) is 0 Å². The van der Waals surface area contributed by atoms with E-state index in [9.17, 15) is 0 Å². The molecule has 1 saturated heterocycles. The second-order valence-corrected chi connectivity index (χ2v) is 6.86. The SMILES string of the molecule is CNC(CCc1ccnn1C)C1CSCCS1. The van der Waals surface area contributed by atoms with Gasteiger partial charge < -0.3 is 5.32 Å². The van der Waals surface area contributed by atoms with Gasteiger partial charge in [0.25, 0.3) is 0 Å². The average molecular weight is 271 g/mol. The van der Waals surface area contributed by atoms with E-state index < -0.39 is 0 Å². The van der Waals surface area contributed by atoms with Crippen LogP contribution in [0, 0.1) is 0 Å². The molecule has 2 rings (SSSR count). The molecule has 0 amide bonds. The topological polar surface area (TPSA) is 29.9 Å². The summed E-state index contributed by atoms with van der Waals surface area (Å²) in [6.45, 7) is 0. The minimum atomic E-state index is 0.628. The van der Waals surface area contributed by atoms with E-state index in [1.165, 1.54) is 29.4 Å². The van der Waals surface area contributed by atoms with Crippen LogP contribution in [-0.4, -0.2) is 45.4 Å². The van der Waals surface area contributed by atoms with Crippen molar-refractivity contribution in [1.29, 1.82) is 0 Å². The molecule has 0 saturated carbocycles. The molecule has 17 heavy (non-hydrogen) atoms. The number of rotatable bonds is 5. The van der Waals surface area contributed by atoms with E-state index in [-0.39, 0.29) is 0 Å². The standard InChI is InChI=1S/C12H21N3S2/c1-13-11(12-9-16-7-8-17-12)4-3-10-5-6-14-15(10)2/h5-6,11-13H,3-4,7-9H2,1-2H3. The number of hydrogen-bond acceptors (Lipinski definition) is 4. The van der Waals surface area contributed by atoms with Crippen LogP contribution in [0.1, 0.15) is 12.1 Å². The van der Waals surface area contributed by atoms with Gasteiger partial charge in [-0.3, -0.25) is 4.68 Å². The van der Waals surface area contributed by atoms with Crippen molar-refractivity contribution >= 4 is 23.5 Å². The smallest absolute Gasteiger partial charge is 0.0492 e. The van der Waals surface area contributed by atoms with Gasteiger partial charge in [0, 0.05) is 47.5 Å². The highest BCUT2D eigenvalue weighted by atomic mass is 32.2. The zero-order chi connectivity index (χ0) is 12.1. The Morgan fingerprint density at radius 2 is 2.47 bits per heavy atom. The molecular formula is C12H21N3S2. The molecule has 5 heteroatoms. The molecule has 96 valence electrons. The Labute approximate surface area is 112 Å². The molecule has 0 spiro atoms. The molecule has 1 aromatic rings. The van der Waals surface area contributed by atoms with Crippen LogP contribution in [-0.2, 0) is 13.5 Å². The van der Waals surface area contributed by atoms with Gasteiger partial charge in [0.15, 0.2) is 0 Å². The molecule has 1 aliphatic heterocycles. The molecule has 0 bridgehead atoms. The van der Waals surface area contributed by atoms with Crippen LogP contribution < -0.4 is 5.32 Å². The molecule has 2 heterocycles. The predicted octanol–water partition coefficient (Wildman–Crippen LogP) is 1.79. The van der Waals surface area contributed by atoms with E-state index in [4.69, 9.17) is 0 Å². The Morgan fingerprint density at radius 3 is 3.06 bits per heavy atom. The van der Waals surface area contributed by atoms with E-state index in [0.717, 1.165) is 11.7 Å². The van der Waals surface area contributed by atoms with Gasteiger partial charge in [0.05, 0.1) is 0 Å². The van der Waals surface area contributed by atoms with Gasteiger partial charge in [0.1, 0.15) is 0 Å². The molecule has 0 aromatic carbocycles. The van der Waals surface area contributed by atoms with Crippen LogP contribution >= 0.6 is 23.5 Å². The summed E-state index contributed by atoms with van der Waals surface area (Å²) in [5, 5.41) is 8.48. The van der Waals surface area contributed by atoms with E-state index in [1.54, 1.807) is 0 Å². The number of aryl methyl sites for hydroxylation is 2. The van der Waals surface area contributed by atoms with Gasteiger partial charge in [-0.1, -0.05) is 0 Å². The predicted molar refractivity (Wildman–Crippen MR) is 77.9 cm³/mol. The maximum atomic E-state index is 4.22. The first kappa shape index (κ1) is 13.3. The van der Waals surface area contributed by atoms with Gasteiger partial charge in [-0.05, 0) is 26.0 Å². The molecule has 0 radical (unpaired) electrons. The Balaban J connectivity index is 1.84. The van der Waals surface area contributed by atoms with Crippen LogP contribution in [0.2, 0.25) is 0 Å². The lowest BCUT2D eigenvalue weighted by atomic mass is 10.1. The Bertz CT molecular complexity index is 334. The van der Waals surface area contributed by atoms with Crippen molar-refractivity contribution in [1.82, 2.24) is 15.1 Å². The first-order chi connectivity index (χ1) is 8.31. The van der Waals surface area contributed by atoms with E-state index in [2.05, 4.69) is 47.1 Å². The van der Waals surface area contributed by atoms with Gasteiger partial charge in [-0.15, -0.1) is 0 Å². The van der Waals surface area contributed by atoms with Crippen molar-refractivity contribution in [3.63, 3.8) is 0 Å². The van der Waals surface area contributed by atoms with E-state index in [0.29, 0.717) is 6.04 Å². The molecule has 1 fully saturated rings. The summed E-state index contributed by atoms with van der Waals surface area (Å²) in [6, 6.07) is 2.75. The van der Waals surface area contributed by atoms with Crippen LogP contribution in [0.5, 0.6) is 0 Å². The maximum absolute atomic E-state index is 4.22. The third kappa shape index (κ3) is 3.66. The fraction of sp³-hybridized carbons (Fsp3) is 0.750. The van der Waals surface area contributed by atoms with Gasteiger partial charge in [-0.2, -0.15) is 28.6 Å². The highest BCUT2D eigenvalue weighted by Gasteiger charge is 2.23. The van der Waals surface area contributed by atoms with Crippen LogP contribution in [0.25, 0.3) is 0 Å². The van der Waals surface area contributed by atoms with Crippen LogP contribution in [0.15, 0.2) is 12.3 Å². The summed E-state index contributed by atoms with van der Waals surface area (Å²) in [5.74, 6) is 3.92. The van der Waals surface area contributed by atoms with Crippen molar-refractivity contribution < 1.29 is 0 Å². The lowest BCUT2D eigenvalue weighted by Gasteiger charge is -2.29. The lowest BCUT2D eigenvalue weighted by Crippen LogP contribution is -2.39. The summed E-state index contributed by atoms with van der Waals surface area (Å²) in [4.78, 5) is 0. The first-order valence-electron chi connectivity index (χ1n) is 6.14. The van der Waals surface area contributed by atoms with Crippen LogP contribution in [0.4, 0.5) is 0 Å². The molecule has 0 aliphatic carbocycles. The second-order valence-electron chi connectivity index (χ2n) is 4.36. The fourth-order valence-corrected chi connectivity index (χ4v) is 5.17. The fourth-order valence-electron chi connectivity index (χ4n) is 2.20. The van der Waals surface area contributed by atoms with Crippen molar-refractivity contribution in [2.75, 3.05) is 24.3 Å². The Hall–Kier alpha value is -0.130. The molecule has 1 aromatic heterocycles. The van der Waals surface area contributed by atoms with Crippen LogP contribution in [0.3, 0.4) is 0 Å². The van der Waals surface area contributed by atoms with Crippen molar-refractivity contribution in [2.24, 2.45) is 7.05 Å². The monoisotopic (exact) mass is 271 g/mol. The van der Waals surface area contributed by atoms with E-state index in [1.807, 2.05) is 17.9 Å². The van der Waals surface area contributed by atoms with Crippen molar-refractivity contribution in [3.05, 3.63) is 18.0 Å². The molecule has 1 N–H and O–H groups in total. The molecule has 1 aliphatic rings. The minimum absolute atomic E-state index is 0.628. The Kier molecular flexibility index (Phi) is 5.25. The zero-order valence-corrected chi connectivity index (χ0v) is 12.2. The molecule has 3 nitrogen and oxygen atoms in total. The second kappa shape index (κ2) is 6.71. The third-order valence-corrected chi connectivity index (χ3v) is 6.22. The average Bonchev–Trinajstić information content (AvgIpc) is 2.77. The third-order valence-electron chi connectivity index (χ3n) is 3.30. The number of hydrogen-bond donors (Lipinski definition) is 1. The van der Waals surface area contributed by atoms with Gasteiger partial charge >= 0.3 is 0 Å².